The number of carbonyl (C=O) groups excluding carboxylic acids is 5. The van der Waals surface area contributed by atoms with Gasteiger partial charge in [-0.05, 0) is 149 Å². The zero-order valence-electron chi connectivity index (χ0n) is 40.3. The number of carbonyl (C=O) groups is 5. The molecule has 6 heteroatoms. The van der Waals surface area contributed by atoms with Gasteiger partial charge in [-0.2, -0.15) is 0 Å². The fourth-order valence-corrected chi connectivity index (χ4v) is 10.4. The van der Waals surface area contributed by atoms with E-state index in [1.807, 2.05) is 64.1 Å². The molecule has 64 heavy (non-hydrogen) atoms. The zero-order chi connectivity index (χ0) is 46.3. The van der Waals surface area contributed by atoms with Gasteiger partial charge in [-0.15, -0.1) is 11.6 Å². The van der Waals surface area contributed by atoms with Crippen molar-refractivity contribution in [2.75, 3.05) is 5.88 Å². The van der Waals surface area contributed by atoms with Gasteiger partial charge in [-0.3, -0.25) is 24.0 Å². The molecule has 0 heterocycles. The van der Waals surface area contributed by atoms with Crippen LogP contribution in [-0.2, 0) is 9.59 Å². The van der Waals surface area contributed by atoms with E-state index in [1.54, 1.807) is 0 Å². The molecule has 3 aromatic carbocycles. The average Bonchev–Trinajstić information content (AvgIpc) is 3.36. The van der Waals surface area contributed by atoms with E-state index in [-0.39, 0.29) is 17.3 Å². The van der Waals surface area contributed by atoms with Crippen molar-refractivity contribution in [2.45, 2.75) is 200 Å². The van der Waals surface area contributed by atoms with Crippen molar-refractivity contribution >= 4 is 40.5 Å². The first-order valence-electron chi connectivity index (χ1n) is 25.5. The summed E-state index contributed by atoms with van der Waals surface area (Å²) in [7, 11) is 0. The minimum absolute atomic E-state index is 0.205. The second-order valence-corrected chi connectivity index (χ2v) is 19.4. The van der Waals surface area contributed by atoms with Crippen LogP contribution in [0.15, 0.2) is 72.8 Å². The van der Waals surface area contributed by atoms with Crippen LogP contribution < -0.4 is 0 Å². The molecule has 5 nitrogen and oxygen atoms in total. The molecule has 6 rings (SSSR count). The highest BCUT2D eigenvalue weighted by atomic mass is 35.5. The van der Waals surface area contributed by atoms with E-state index in [4.69, 9.17) is 11.6 Å². The number of Topliss-reactive ketones (excluding diaryl/α,β-unsaturated/α-hetero) is 5. The number of halogens is 1. The molecule has 0 amide bonds. The molecule has 0 saturated heterocycles. The fraction of sp³-hybridized carbons (Fsp3) is 0.603. The SMILES string of the molecule is CCC(=O)CCC1CCC(c2ccc(C(=O)CC)cc2)CC1.CCC(=O)c1ccc(C2CCC(CCCCl)CC2)cc1.CCCCC(=O)C1CCC(c2ccc(C(=O)CC)cc2)CC1. The molecule has 350 valence electrons. The molecule has 0 radical (unpaired) electrons. The maximum absolute atomic E-state index is 12.1. The van der Waals surface area contributed by atoms with Crippen LogP contribution in [0.4, 0.5) is 0 Å². The van der Waals surface area contributed by atoms with Gasteiger partial charge in [0, 0.05) is 67.0 Å². The van der Waals surface area contributed by atoms with E-state index in [1.165, 1.54) is 74.5 Å². The van der Waals surface area contributed by atoms with E-state index in [9.17, 15) is 24.0 Å². The molecule has 0 aromatic heterocycles. The van der Waals surface area contributed by atoms with Crippen molar-refractivity contribution < 1.29 is 24.0 Å². The van der Waals surface area contributed by atoms with Gasteiger partial charge >= 0.3 is 0 Å². The van der Waals surface area contributed by atoms with E-state index in [2.05, 4.69) is 43.3 Å². The van der Waals surface area contributed by atoms with Crippen LogP contribution in [0, 0.1) is 17.8 Å². The Labute approximate surface area is 392 Å². The Hall–Kier alpha value is -3.70. The molecule has 3 saturated carbocycles. The number of alkyl halides is 1. The Morgan fingerprint density at radius 1 is 0.438 bits per heavy atom. The molecule has 3 aromatic rings. The summed E-state index contributed by atoms with van der Waals surface area (Å²) in [6.45, 7) is 9.80. The highest BCUT2D eigenvalue weighted by molar-refractivity contribution is 6.17. The number of ketones is 5. The summed E-state index contributed by atoms with van der Waals surface area (Å²) in [5.41, 5.74) is 6.61. The molecule has 3 aliphatic rings. The van der Waals surface area contributed by atoms with Gasteiger partial charge in [0.05, 0.1) is 0 Å². The van der Waals surface area contributed by atoms with Crippen LogP contribution in [-0.4, -0.2) is 34.8 Å². The lowest BCUT2D eigenvalue weighted by Crippen LogP contribution is -2.21. The average molecular weight is 894 g/mol. The van der Waals surface area contributed by atoms with Crippen LogP contribution in [0.3, 0.4) is 0 Å². The van der Waals surface area contributed by atoms with Gasteiger partial charge in [0.1, 0.15) is 11.6 Å². The largest absolute Gasteiger partial charge is 0.300 e. The highest BCUT2D eigenvalue weighted by Gasteiger charge is 2.27. The molecule has 0 N–H and O–H groups in total. The van der Waals surface area contributed by atoms with Gasteiger partial charge in [0.25, 0.3) is 0 Å². The Balaban J connectivity index is 0.000000211. The molecular weight excluding hydrogens is 812 g/mol. The minimum atomic E-state index is 0.205. The molecule has 3 fully saturated rings. The van der Waals surface area contributed by atoms with Gasteiger partial charge < -0.3 is 0 Å². The second-order valence-electron chi connectivity index (χ2n) is 19.0. The minimum Gasteiger partial charge on any atom is -0.300 e. The molecule has 0 spiro atoms. The summed E-state index contributed by atoms with van der Waals surface area (Å²) in [6.07, 6.45) is 24.0. The van der Waals surface area contributed by atoms with E-state index in [0.29, 0.717) is 60.9 Å². The number of benzene rings is 3. The number of hydrogen-bond donors (Lipinski definition) is 0. The first kappa shape index (κ1) is 52.9. The summed E-state index contributed by atoms with van der Waals surface area (Å²) in [5.74, 6) is 6.11. The Morgan fingerprint density at radius 2 is 0.797 bits per heavy atom. The zero-order valence-corrected chi connectivity index (χ0v) is 41.0. The fourth-order valence-electron chi connectivity index (χ4n) is 10.2. The van der Waals surface area contributed by atoms with Gasteiger partial charge in [0.15, 0.2) is 17.3 Å². The number of hydrogen-bond acceptors (Lipinski definition) is 5. The van der Waals surface area contributed by atoms with Gasteiger partial charge in [-0.25, -0.2) is 0 Å². The van der Waals surface area contributed by atoms with Crippen molar-refractivity contribution in [3.63, 3.8) is 0 Å². The first-order chi connectivity index (χ1) is 31.0. The molecule has 0 atom stereocenters. The quantitative estimate of drug-likeness (QED) is 0.0833. The predicted octanol–water partition coefficient (Wildman–Crippen LogP) is 16.2. The summed E-state index contributed by atoms with van der Waals surface area (Å²) >= 11 is 5.77. The van der Waals surface area contributed by atoms with E-state index >= 15 is 0 Å². The molecule has 0 unspecified atom stereocenters. The van der Waals surface area contributed by atoms with Crippen LogP contribution in [0.25, 0.3) is 0 Å². The summed E-state index contributed by atoms with van der Waals surface area (Å²) in [5, 5.41) is 0. The Morgan fingerprint density at radius 3 is 1.12 bits per heavy atom. The monoisotopic (exact) mass is 893 g/mol. The molecule has 0 bridgehead atoms. The highest BCUT2D eigenvalue weighted by Crippen LogP contribution is 2.40. The van der Waals surface area contributed by atoms with Crippen molar-refractivity contribution in [1.82, 2.24) is 0 Å². The Kier molecular flexibility index (Phi) is 24.0. The first-order valence-corrected chi connectivity index (χ1v) is 26.1. The van der Waals surface area contributed by atoms with Gasteiger partial charge in [-0.1, -0.05) is 114 Å². The van der Waals surface area contributed by atoms with Crippen LogP contribution in [0.1, 0.15) is 248 Å². The van der Waals surface area contributed by atoms with Crippen LogP contribution in [0.5, 0.6) is 0 Å². The number of unbranched alkanes of at least 4 members (excludes halogenated alkanes) is 1. The van der Waals surface area contributed by atoms with Crippen molar-refractivity contribution in [3.05, 3.63) is 106 Å². The summed E-state index contributed by atoms with van der Waals surface area (Å²) in [4.78, 5) is 58.5. The van der Waals surface area contributed by atoms with E-state index in [0.717, 1.165) is 98.6 Å². The summed E-state index contributed by atoms with van der Waals surface area (Å²) < 4.78 is 0. The van der Waals surface area contributed by atoms with Crippen molar-refractivity contribution in [1.29, 1.82) is 0 Å². The molecular formula is C58H81ClO5. The van der Waals surface area contributed by atoms with Crippen LogP contribution in [0.2, 0.25) is 0 Å². The Bertz CT molecular complexity index is 1840. The lowest BCUT2D eigenvalue weighted by molar-refractivity contribution is -0.124. The standard InChI is InChI=1S/2C20H28O2.C18H25ClO/c1-3-19(21)14-7-15-5-8-16(9-6-15)17-10-12-18(13-11-17)20(22)4-2;1-3-5-6-20(22)18-13-9-16(10-14-18)15-7-11-17(12-8-15)19(21)4-2;1-2-18(20)17-11-9-16(10-12-17)15-7-5-14(6-8-15)4-3-13-19/h10-13,15-16H,3-9,14H2,1-2H3;7-8,11-12,16,18H,3-6,9-10,13-14H2,1-2H3;9-12,14-15H,2-8,13H2,1H3. The predicted molar refractivity (Wildman–Crippen MR) is 266 cm³/mol. The third-order valence-electron chi connectivity index (χ3n) is 14.7. The maximum Gasteiger partial charge on any atom is 0.162 e. The lowest BCUT2D eigenvalue weighted by atomic mass is 9.76. The molecule has 0 aliphatic heterocycles. The maximum atomic E-state index is 12.1. The summed E-state index contributed by atoms with van der Waals surface area (Å²) in [6, 6.07) is 24.7. The normalized spacial score (nSPS) is 21.9. The number of rotatable bonds is 20. The van der Waals surface area contributed by atoms with E-state index < -0.39 is 0 Å². The van der Waals surface area contributed by atoms with Crippen LogP contribution >= 0.6 is 11.6 Å². The second kappa shape index (κ2) is 29.0. The van der Waals surface area contributed by atoms with Crippen molar-refractivity contribution in [3.8, 4) is 0 Å². The third-order valence-corrected chi connectivity index (χ3v) is 15.0. The smallest absolute Gasteiger partial charge is 0.162 e. The van der Waals surface area contributed by atoms with Crippen molar-refractivity contribution in [2.24, 2.45) is 17.8 Å². The van der Waals surface area contributed by atoms with Gasteiger partial charge in [0.2, 0.25) is 0 Å². The third kappa shape index (κ3) is 17.3. The molecule has 3 aliphatic carbocycles. The lowest BCUT2D eigenvalue weighted by Gasteiger charge is -2.28. The topological polar surface area (TPSA) is 85.3 Å².